The van der Waals surface area contributed by atoms with Crippen molar-refractivity contribution in [1.29, 1.82) is 0 Å². The predicted molar refractivity (Wildman–Crippen MR) is 79.9 cm³/mol. The zero-order valence-corrected chi connectivity index (χ0v) is 12.3. The minimum atomic E-state index is -0.250. The van der Waals surface area contributed by atoms with Crippen molar-refractivity contribution in [2.24, 2.45) is 7.05 Å². The number of nitrogens with one attached hydrogen (secondary N) is 1. The highest BCUT2D eigenvalue weighted by atomic mass is 19.1. The Labute approximate surface area is 127 Å². The highest BCUT2D eigenvalue weighted by molar-refractivity contribution is 5.32. The van der Waals surface area contributed by atoms with Gasteiger partial charge in [-0.2, -0.15) is 5.10 Å². The van der Waals surface area contributed by atoms with E-state index in [9.17, 15) is 4.39 Å². The molecule has 3 rings (SSSR count). The second-order valence-corrected chi connectivity index (χ2v) is 5.02. The third kappa shape index (κ3) is 3.37. The number of hydrogen-bond donors (Lipinski definition) is 1. The predicted octanol–water partition coefficient (Wildman–Crippen LogP) is 1.47. The van der Waals surface area contributed by atoms with Gasteiger partial charge in [0.25, 0.3) is 0 Å². The minimum absolute atomic E-state index is 0.250. The number of hydrogen-bond acceptors (Lipinski definition) is 4. The average Bonchev–Trinajstić information content (AvgIpc) is 3.13. The third-order valence-electron chi connectivity index (χ3n) is 3.31. The minimum Gasteiger partial charge on any atom is -0.311 e. The molecule has 0 saturated carbocycles. The molecule has 0 amide bonds. The molecule has 2 heterocycles. The zero-order valence-electron chi connectivity index (χ0n) is 12.3. The summed E-state index contributed by atoms with van der Waals surface area (Å²) >= 11 is 0. The Morgan fingerprint density at radius 1 is 1.18 bits per heavy atom. The van der Waals surface area contributed by atoms with Crippen LogP contribution in [0.3, 0.4) is 0 Å². The Balaban J connectivity index is 1.57. The van der Waals surface area contributed by atoms with Crippen LogP contribution in [0, 0.1) is 5.82 Å². The van der Waals surface area contributed by atoms with Crippen LogP contribution >= 0.6 is 0 Å². The maximum Gasteiger partial charge on any atom is 0.123 e. The monoisotopic (exact) mass is 300 g/mol. The van der Waals surface area contributed by atoms with Crippen LogP contribution in [-0.2, 0) is 20.0 Å². The van der Waals surface area contributed by atoms with Gasteiger partial charge in [0.15, 0.2) is 0 Å². The van der Waals surface area contributed by atoms with Gasteiger partial charge in [-0.15, -0.1) is 5.10 Å². The quantitative estimate of drug-likeness (QED) is 0.700. The van der Waals surface area contributed by atoms with E-state index in [0.29, 0.717) is 6.54 Å². The molecule has 0 unspecified atom stereocenters. The smallest absolute Gasteiger partial charge is 0.123 e. The van der Waals surface area contributed by atoms with Gasteiger partial charge < -0.3 is 5.32 Å². The largest absolute Gasteiger partial charge is 0.311 e. The highest BCUT2D eigenvalue weighted by Gasteiger charge is 2.05. The average molecular weight is 300 g/mol. The molecule has 114 valence electrons. The van der Waals surface area contributed by atoms with Crippen LogP contribution in [0.1, 0.15) is 11.4 Å². The van der Waals surface area contributed by atoms with E-state index in [2.05, 4.69) is 20.7 Å². The van der Waals surface area contributed by atoms with Gasteiger partial charge in [0.1, 0.15) is 5.82 Å². The van der Waals surface area contributed by atoms with E-state index in [1.165, 1.54) is 12.1 Å². The van der Waals surface area contributed by atoms with E-state index in [0.717, 1.165) is 30.0 Å². The number of benzene rings is 1. The Morgan fingerprint density at radius 2 is 2.00 bits per heavy atom. The molecule has 0 bridgehead atoms. The van der Waals surface area contributed by atoms with Crippen LogP contribution in [0.4, 0.5) is 4.39 Å². The summed E-state index contributed by atoms with van der Waals surface area (Å²) < 4.78 is 16.5. The van der Waals surface area contributed by atoms with Crippen molar-refractivity contribution >= 4 is 0 Å². The number of rotatable bonds is 6. The van der Waals surface area contributed by atoms with Crippen molar-refractivity contribution in [1.82, 2.24) is 30.1 Å². The summed E-state index contributed by atoms with van der Waals surface area (Å²) in [5.74, 6) is -0.250. The first kappa shape index (κ1) is 14.4. The molecule has 1 aromatic carbocycles. The van der Waals surface area contributed by atoms with Gasteiger partial charge in [-0.3, -0.25) is 4.68 Å². The van der Waals surface area contributed by atoms with Crippen LogP contribution in [0.5, 0.6) is 0 Å². The fraction of sp³-hybridized carbons (Fsp3) is 0.267. The molecule has 1 N–H and O–H groups in total. The highest BCUT2D eigenvalue weighted by Crippen LogP contribution is 2.11. The molecule has 0 atom stereocenters. The first-order valence-corrected chi connectivity index (χ1v) is 7.07. The topological polar surface area (TPSA) is 60.6 Å². The molecule has 0 saturated heterocycles. The summed E-state index contributed by atoms with van der Waals surface area (Å²) in [4.78, 5) is 0. The molecule has 22 heavy (non-hydrogen) atoms. The van der Waals surface area contributed by atoms with Crippen molar-refractivity contribution in [2.75, 3.05) is 6.54 Å². The molecule has 6 nitrogen and oxygen atoms in total. The van der Waals surface area contributed by atoms with Gasteiger partial charge in [0, 0.05) is 39.0 Å². The van der Waals surface area contributed by atoms with Crippen LogP contribution in [-0.4, -0.2) is 31.3 Å². The molecule has 0 fully saturated rings. The fourth-order valence-electron chi connectivity index (χ4n) is 2.22. The van der Waals surface area contributed by atoms with Crippen LogP contribution in [0.25, 0.3) is 5.69 Å². The maximum absolute atomic E-state index is 13.0. The first-order valence-electron chi connectivity index (χ1n) is 7.07. The van der Waals surface area contributed by atoms with Crippen LogP contribution in [0.2, 0.25) is 0 Å². The summed E-state index contributed by atoms with van der Waals surface area (Å²) in [5, 5.41) is 15.6. The second-order valence-electron chi connectivity index (χ2n) is 5.02. The standard InChI is InChI=1S/C15H17FN6/c1-21-11-13(19-20-21)6-8-17-10-15-7-9-18-22(15)14-4-2-12(16)3-5-14/h2-5,7,9,11,17H,6,8,10H2,1H3. The van der Waals surface area contributed by atoms with Gasteiger partial charge in [0.05, 0.1) is 17.1 Å². The summed E-state index contributed by atoms with van der Waals surface area (Å²) in [6.45, 7) is 1.48. The molecule has 2 aromatic heterocycles. The molecule has 0 spiro atoms. The number of aryl methyl sites for hydroxylation is 1. The van der Waals surface area contributed by atoms with Gasteiger partial charge in [-0.05, 0) is 30.3 Å². The van der Waals surface area contributed by atoms with E-state index < -0.39 is 0 Å². The lowest BCUT2D eigenvalue weighted by Gasteiger charge is -2.08. The van der Waals surface area contributed by atoms with Crippen LogP contribution in [0.15, 0.2) is 42.7 Å². The lowest BCUT2D eigenvalue weighted by molar-refractivity contribution is 0.625. The Bertz CT molecular complexity index is 731. The number of halogens is 1. The Kier molecular flexibility index (Phi) is 4.24. The second kappa shape index (κ2) is 6.48. The van der Waals surface area contributed by atoms with Crippen molar-refractivity contribution in [3.05, 3.63) is 59.9 Å². The Hall–Kier alpha value is -2.54. The molecule has 7 heteroatoms. The van der Waals surface area contributed by atoms with Crippen LogP contribution < -0.4 is 5.32 Å². The van der Waals surface area contributed by atoms with Crippen molar-refractivity contribution < 1.29 is 4.39 Å². The van der Waals surface area contributed by atoms with Gasteiger partial charge in [-0.25, -0.2) is 9.07 Å². The number of nitrogens with zero attached hydrogens (tertiary/aromatic N) is 5. The summed E-state index contributed by atoms with van der Waals surface area (Å²) in [7, 11) is 1.85. The molecule has 0 aliphatic rings. The van der Waals surface area contributed by atoms with Crippen molar-refractivity contribution in [3.8, 4) is 5.69 Å². The molecule has 0 radical (unpaired) electrons. The molecule has 0 aliphatic heterocycles. The first-order chi connectivity index (χ1) is 10.7. The van der Waals surface area contributed by atoms with E-state index in [1.54, 1.807) is 27.7 Å². The molecule has 3 aromatic rings. The zero-order chi connectivity index (χ0) is 15.4. The van der Waals surface area contributed by atoms with E-state index in [-0.39, 0.29) is 5.82 Å². The van der Waals surface area contributed by atoms with Gasteiger partial charge in [-0.1, -0.05) is 5.21 Å². The van der Waals surface area contributed by atoms with Gasteiger partial charge >= 0.3 is 0 Å². The summed E-state index contributed by atoms with van der Waals surface area (Å²) in [6, 6.07) is 8.24. The van der Waals surface area contributed by atoms with Crippen molar-refractivity contribution in [3.63, 3.8) is 0 Å². The van der Waals surface area contributed by atoms with Crippen molar-refractivity contribution in [2.45, 2.75) is 13.0 Å². The van der Waals surface area contributed by atoms with Gasteiger partial charge in [0.2, 0.25) is 0 Å². The molecular weight excluding hydrogens is 283 g/mol. The lowest BCUT2D eigenvalue weighted by atomic mass is 10.3. The van der Waals surface area contributed by atoms with E-state index >= 15 is 0 Å². The Morgan fingerprint density at radius 3 is 2.73 bits per heavy atom. The maximum atomic E-state index is 13.0. The normalized spacial score (nSPS) is 11.0. The molecular formula is C15H17FN6. The fourth-order valence-corrected chi connectivity index (χ4v) is 2.22. The van der Waals surface area contributed by atoms with E-state index in [4.69, 9.17) is 0 Å². The summed E-state index contributed by atoms with van der Waals surface area (Å²) in [5.41, 5.74) is 2.82. The molecule has 0 aliphatic carbocycles. The lowest BCUT2D eigenvalue weighted by Crippen LogP contribution is -2.19. The number of aromatic nitrogens is 5. The summed E-state index contributed by atoms with van der Waals surface area (Å²) in [6.07, 6.45) is 4.46. The SMILES string of the molecule is Cn1cc(CCNCc2ccnn2-c2ccc(F)cc2)nn1. The van der Waals surface area contributed by atoms with E-state index in [1.807, 2.05) is 19.3 Å². The third-order valence-corrected chi connectivity index (χ3v) is 3.31.